The monoisotopic (exact) mass is 423 g/mol. The summed E-state index contributed by atoms with van der Waals surface area (Å²) in [5.41, 5.74) is 4.26. The minimum absolute atomic E-state index is 0.628. The molecule has 2 aromatic heterocycles. The lowest BCUT2D eigenvalue weighted by atomic mass is 10.1. The molecule has 1 aliphatic heterocycles. The van der Waals surface area contributed by atoms with Gasteiger partial charge in [-0.3, -0.25) is 0 Å². The minimum Gasteiger partial charge on any atom is -0.355 e. The average Bonchev–Trinajstić information content (AvgIpc) is 3.14. The van der Waals surface area contributed by atoms with Crippen LogP contribution in [0.3, 0.4) is 0 Å². The van der Waals surface area contributed by atoms with E-state index in [0.717, 1.165) is 46.9 Å². The summed E-state index contributed by atoms with van der Waals surface area (Å²) >= 11 is 12.7. The first-order chi connectivity index (χ1) is 14.2. The van der Waals surface area contributed by atoms with E-state index in [9.17, 15) is 0 Å². The van der Waals surface area contributed by atoms with Crippen molar-refractivity contribution < 1.29 is 0 Å². The molecule has 0 bridgehead atoms. The molecule has 5 rings (SSSR count). The molecule has 4 aromatic rings. The second-order valence-corrected chi connectivity index (χ2v) is 8.00. The zero-order valence-electron chi connectivity index (χ0n) is 15.7. The van der Waals surface area contributed by atoms with Crippen LogP contribution in [0.4, 0.5) is 5.82 Å². The van der Waals surface area contributed by atoms with Gasteiger partial charge in [-0.2, -0.15) is 5.10 Å². The summed E-state index contributed by atoms with van der Waals surface area (Å²) in [5, 5.41) is 6.26. The fraction of sp³-hybridized carbons (Fsp3) is 0.227. The normalized spacial score (nSPS) is 14.5. The minimum atomic E-state index is 0.628. The summed E-state index contributed by atoms with van der Waals surface area (Å²) in [6.45, 7) is 1.97. The zero-order valence-corrected chi connectivity index (χ0v) is 17.2. The number of fused-ring (bicyclic) bond motifs is 1. The molecule has 0 spiro atoms. The van der Waals surface area contributed by atoms with Gasteiger partial charge in [0.25, 0.3) is 0 Å². The van der Waals surface area contributed by atoms with Crippen LogP contribution in [0.25, 0.3) is 28.0 Å². The van der Waals surface area contributed by atoms with Crippen molar-refractivity contribution in [2.75, 3.05) is 18.0 Å². The second-order valence-electron chi connectivity index (χ2n) is 7.16. The molecular formula is C22H19Cl2N5. The molecule has 0 saturated carbocycles. The average molecular weight is 424 g/mol. The van der Waals surface area contributed by atoms with Crippen LogP contribution in [0.15, 0.2) is 54.9 Å². The molecule has 3 heterocycles. The molecule has 0 unspecified atom stereocenters. The van der Waals surface area contributed by atoms with Gasteiger partial charge in [0.1, 0.15) is 17.5 Å². The number of anilines is 1. The molecule has 0 atom stereocenters. The number of aromatic nitrogens is 4. The van der Waals surface area contributed by atoms with Crippen LogP contribution in [-0.4, -0.2) is 32.8 Å². The van der Waals surface area contributed by atoms with Crippen LogP contribution >= 0.6 is 23.2 Å². The Balaban J connectivity index is 1.79. The van der Waals surface area contributed by atoms with Gasteiger partial charge in [-0.1, -0.05) is 47.5 Å². The van der Waals surface area contributed by atoms with Crippen LogP contribution < -0.4 is 4.90 Å². The topological polar surface area (TPSA) is 46.8 Å². The van der Waals surface area contributed by atoms with Gasteiger partial charge in [0.2, 0.25) is 0 Å². The van der Waals surface area contributed by atoms with Crippen molar-refractivity contribution in [2.45, 2.75) is 19.3 Å². The maximum atomic E-state index is 6.53. The molecule has 0 radical (unpaired) electrons. The Morgan fingerprint density at radius 3 is 2.31 bits per heavy atom. The molecule has 1 fully saturated rings. The Kier molecular flexibility index (Phi) is 4.86. The van der Waals surface area contributed by atoms with Gasteiger partial charge in [0, 0.05) is 23.7 Å². The number of benzene rings is 2. The largest absolute Gasteiger partial charge is 0.355 e. The molecule has 5 nitrogen and oxygen atoms in total. The molecule has 2 aromatic carbocycles. The lowest BCUT2D eigenvalue weighted by molar-refractivity contribution is 0.574. The highest BCUT2D eigenvalue weighted by Gasteiger charge is 2.23. The van der Waals surface area contributed by atoms with Crippen LogP contribution in [-0.2, 0) is 0 Å². The third-order valence-corrected chi connectivity index (χ3v) is 5.86. The van der Waals surface area contributed by atoms with Crippen molar-refractivity contribution in [1.29, 1.82) is 0 Å². The third kappa shape index (κ3) is 3.34. The van der Waals surface area contributed by atoms with Gasteiger partial charge in [-0.05, 0) is 43.5 Å². The first-order valence-electron chi connectivity index (χ1n) is 9.72. The highest BCUT2D eigenvalue weighted by Crippen LogP contribution is 2.35. The highest BCUT2D eigenvalue weighted by molar-refractivity contribution is 6.32. The Morgan fingerprint density at radius 1 is 0.793 bits per heavy atom. The van der Waals surface area contributed by atoms with Gasteiger partial charge < -0.3 is 4.90 Å². The van der Waals surface area contributed by atoms with Gasteiger partial charge >= 0.3 is 0 Å². The lowest BCUT2D eigenvalue weighted by Gasteiger charge is -2.27. The second kappa shape index (κ2) is 7.65. The van der Waals surface area contributed by atoms with E-state index in [2.05, 4.69) is 14.9 Å². The zero-order chi connectivity index (χ0) is 19.8. The maximum absolute atomic E-state index is 6.53. The third-order valence-electron chi connectivity index (χ3n) is 5.29. The number of halogens is 2. The number of hydrogen-bond donors (Lipinski definition) is 0. The summed E-state index contributed by atoms with van der Waals surface area (Å²) in [6, 6.07) is 15.4. The van der Waals surface area contributed by atoms with E-state index in [1.54, 1.807) is 6.33 Å². The maximum Gasteiger partial charge on any atom is 0.160 e. The Labute approximate surface area is 178 Å². The molecular weight excluding hydrogens is 405 g/mol. The lowest BCUT2D eigenvalue weighted by Crippen LogP contribution is -2.30. The van der Waals surface area contributed by atoms with Gasteiger partial charge in [0.15, 0.2) is 11.3 Å². The quantitative estimate of drug-likeness (QED) is 0.418. The summed E-state index contributed by atoms with van der Waals surface area (Å²) in [6.07, 6.45) is 5.22. The predicted octanol–water partition coefficient (Wildman–Crippen LogP) is 5.78. The molecule has 0 N–H and O–H groups in total. The van der Waals surface area contributed by atoms with Crippen molar-refractivity contribution in [3.8, 4) is 16.9 Å². The van der Waals surface area contributed by atoms with Crippen LogP contribution in [0.5, 0.6) is 0 Å². The molecule has 7 heteroatoms. The van der Waals surface area contributed by atoms with Gasteiger partial charge in [-0.15, -0.1) is 0 Å². The first kappa shape index (κ1) is 18.4. The fourth-order valence-electron chi connectivity index (χ4n) is 3.89. The SMILES string of the molecule is Clc1ccc(-c2c3ncnc(N4CCCCC4)c3nn2-c2ccccc2Cl)cc1. The number of rotatable bonds is 3. The number of piperidine rings is 1. The van der Waals surface area contributed by atoms with Crippen LogP contribution in [0.1, 0.15) is 19.3 Å². The highest BCUT2D eigenvalue weighted by atomic mass is 35.5. The van der Waals surface area contributed by atoms with Crippen molar-refractivity contribution >= 4 is 40.1 Å². The van der Waals surface area contributed by atoms with Gasteiger partial charge in [0.05, 0.1) is 10.7 Å². The predicted molar refractivity (Wildman–Crippen MR) is 118 cm³/mol. The van der Waals surface area contributed by atoms with E-state index >= 15 is 0 Å². The fourth-order valence-corrected chi connectivity index (χ4v) is 4.23. The van der Waals surface area contributed by atoms with Crippen molar-refractivity contribution in [1.82, 2.24) is 19.7 Å². The molecule has 29 heavy (non-hydrogen) atoms. The summed E-state index contributed by atoms with van der Waals surface area (Å²) in [4.78, 5) is 11.5. The first-order valence-corrected chi connectivity index (χ1v) is 10.5. The Bertz CT molecular complexity index is 1160. The Morgan fingerprint density at radius 2 is 1.55 bits per heavy atom. The molecule has 1 aliphatic rings. The summed E-state index contributed by atoms with van der Waals surface area (Å²) < 4.78 is 1.87. The Hall–Kier alpha value is -2.63. The number of nitrogens with zero attached hydrogens (tertiary/aromatic N) is 5. The molecule has 1 saturated heterocycles. The standard InChI is InChI=1S/C22H19Cl2N5/c23-16-10-8-15(9-11-16)21-19-20(27-29(21)18-7-3-2-6-17(18)24)22(26-14-25-19)28-12-4-1-5-13-28/h2-3,6-11,14H,1,4-5,12-13H2. The summed E-state index contributed by atoms with van der Waals surface area (Å²) in [5.74, 6) is 0.885. The van der Waals surface area contributed by atoms with Crippen molar-refractivity contribution in [2.24, 2.45) is 0 Å². The van der Waals surface area contributed by atoms with E-state index in [-0.39, 0.29) is 0 Å². The smallest absolute Gasteiger partial charge is 0.160 e. The van der Waals surface area contributed by atoms with E-state index in [4.69, 9.17) is 28.3 Å². The van der Waals surface area contributed by atoms with Crippen LogP contribution in [0, 0.1) is 0 Å². The van der Waals surface area contributed by atoms with Crippen LogP contribution in [0.2, 0.25) is 10.0 Å². The number of para-hydroxylation sites is 1. The van der Waals surface area contributed by atoms with Crippen molar-refractivity contribution in [3.63, 3.8) is 0 Å². The van der Waals surface area contributed by atoms with E-state index in [1.165, 1.54) is 19.3 Å². The molecule has 146 valence electrons. The van der Waals surface area contributed by atoms with E-state index in [1.807, 2.05) is 53.2 Å². The van der Waals surface area contributed by atoms with Crippen molar-refractivity contribution in [3.05, 3.63) is 64.9 Å². The van der Waals surface area contributed by atoms with E-state index < -0.39 is 0 Å². The summed E-state index contributed by atoms with van der Waals surface area (Å²) in [7, 11) is 0. The number of hydrogen-bond acceptors (Lipinski definition) is 4. The van der Waals surface area contributed by atoms with E-state index in [0.29, 0.717) is 10.0 Å². The molecule has 0 amide bonds. The van der Waals surface area contributed by atoms with Gasteiger partial charge in [-0.25, -0.2) is 14.6 Å². The molecule has 0 aliphatic carbocycles.